The predicted molar refractivity (Wildman–Crippen MR) is 166 cm³/mol. The molecule has 242 valence electrons. The summed E-state index contributed by atoms with van der Waals surface area (Å²) in [5.41, 5.74) is -1.77. The number of anilines is 1. The minimum atomic E-state index is -2.67. The number of hydrogen-bond acceptors (Lipinski definition) is 8. The number of hydrogen-bond donors (Lipinski definition) is 1. The Morgan fingerprint density at radius 3 is 2.79 bits per heavy atom. The molecule has 0 radical (unpaired) electrons. The first-order chi connectivity index (χ1) is 22.6. The summed E-state index contributed by atoms with van der Waals surface area (Å²) in [4.78, 5) is 18.0. The molecule has 9 rings (SSSR count). The van der Waals surface area contributed by atoms with Crippen LogP contribution in [0.5, 0.6) is 11.8 Å². The van der Waals surface area contributed by atoms with Gasteiger partial charge >= 0.3 is 6.01 Å². The van der Waals surface area contributed by atoms with Crippen molar-refractivity contribution in [2.45, 2.75) is 62.1 Å². The molecule has 2 aromatic carbocycles. The Hall–Kier alpha value is -4.21. The van der Waals surface area contributed by atoms with Crippen LogP contribution in [-0.2, 0) is 4.74 Å². The van der Waals surface area contributed by atoms with Gasteiger partial charge in [0, 0.05) is 43.3 Å². The molecule has 2 aliphatic carbocycles. The summed E-state index contributed by atoms with van der Waals surface area (Å²) in [7, 11) is 0. The molecular weight excluding hydrogens is 614 g/mol. The van der Waals surface area contributed by atoms with Crippen LogP contribution >= 0.6 is 0 Å². The second-order valence-corrected chi connectivity index (χ2v) is 13.8. The first-order valence-electron chi connectivity index (χ1n) is 16.0. The third kappa shape index (κ3) is 4.32. The molecule has 47 heavy (non-hydrogen) atoms. The highest BCUT2D eigenvalue weighted by molar-refractivity contribution is 6.03. The first kappa shape index (κ1) is 29.0. The molecule has 4 aromatic rings. The lowest BCUT2D eigenvalue weighted by molar-refractivity contribution is 0.0647. The van der Waals surface area contributed by atoms with Gasteiger partial charge in [0.1, 0.15) is 35.2 Å². The molecule has 3 saturated heterocycles. The van der Waals surface area contributed by atoms with Gasteiger partial charge in [-0.3, -0.25) is 9.88 Å². The van der Waals surface area contributed by atoms with Gasteiger partial charge in [-0.2, -0.15) is 9.97 Å². The molecule has 5 heterocycles. The molecular formula is C35H31F4N5O3. The largest absolute Gasteiger partial charge is 0.508 e. The standard InChI is InChI=1S/C35H31F4N5O3/c1-2-21-24(36)6-5-19-11-20(45)12-22(27(19)21)29-28(37)30-23(14-40-29)31(44-9-4-10-46-26-13-25(26)44)42-32(41-30)47-18-34-7-3-8-43(34)17-33(15-34)16-35(33,38)39/h1,5-6,11-12,14,25-26,45H,3-4,7-10,13,15-18H2/t25-,26+,33-,34-/m0/s1. The minimum Gasteiger partial charge on any atom is -0.508 e. The summed E-state index contributed by atoms with van der Waals surface area (Å²) in [5.74, 6) is -1.50. The number of rotatable bonds is 5. The number of terminal acetylenes is 1. The summed E-state index contributed by atoms with van der Waals surface area (Å²) >= 11 is 0. The van der Waals surface area contributed by atoms with Crippen molar-refractivity contribution in [3.05, 3.63) is 47.7 Å². The summed E-state index contributed by atoms with van der Waals surface area (Å²) in [5, 5.41) is 11.6. The fraction of sp³-hybridized carbons (Fsp3) is 0.457. The van der Waals surface area contributed by atoms with Crippen molar-refractivity contribution in [2.75, 3.05) is 37.7 Å². The van der Waals surface area contributed by atoms with Gasteiger partial charge in [-0.15, -0.1) is 6.42 Å². The molecule has 3 aliphatic heterocycles. The zero-order valence-electron chi connectivity index (χ0n) is 25.4. The van der Waals surface area contributed by atoms with Gasteiger partial charge in [-0.1, -0.05) is 12.0 Å². The second-order valence-electron chi connectivity index (χ2n) is 13.8. The second kappa shape index (κ2) is 9.90. The Balaban J connectivity index is 1.17. The molecule has 5 fully saturated rings. The highest BCUT2D eigenvalue weighted by Gasteiger charge is 2.77. The number of pyridine rings is 1. The van der Waals surface area contributed by atoms with Gasteiger partial charge in [0.2, 0.25) is 0 Å². The van der Waals surface area contributed by atoms with Crippen LogP contribution < -0.4 is 9.64 Å². The number of phenolic OH excluding ortho intramolecular Hbond substituents is 1. The fourth-order valence-corrected chi connectivity index (χ4v) is 8.46. The van der Waals surface area contributed by atoms with Crippen molar-refractivity contribution in [1.29, 1.82) is 0 Å². The van der Waals surface area contributed by atoms with E-state index in [0.29, 0.717) is 42.7 Å². The molecule has 0 amide bonds. The predicted octanol–water partition coefficient (Wildman–Crippen LogP) is 5.82. The van der Waals surface area contributed by atoms with E-state index in [0.717, 1.165) is 32.2 Å². The summed E-state index contributed by atoms with van der Waals surface area (Å²) in [6.07, 6.45) is 10.6. The highest BCUT2D eigenvalue weighted by atomic mass is 19.3. The minimum absolute atomic E-state index is 0.0422. The van der Waals surface area contributed by atoms with E-state index in [1.807, 2.05) is 0 Å². The topological polar surface area (TPSA) is 83.8 Å². The average Bonchev–Trinajstić information content (AvgIpc) is 3.83. The van der Waals surface area contributed by atoms with Gasteiger partial charge < -0.3 is 19.5 Å². The van der Waals surface area contributed by atoms with E-state index in [4.69, 9.17) is 20.9 Å². The lowest BCUT2D eigenvalue weighted by Gasteiger charge is -2.31. The van der Waals surface area contributed by atoms with Crippen LogP contribution in [0.3, 0.4) is 0 Å². The van der Waals surface area contributed by atoms with Crippen molar-refractivity contribution in [2.24, 2.45) is 5.41 Å². The van der Waals surface area contributed by atoms with E-state index in [9.17, 15) is 18.3 Å². The summed E-state index contributed by atoms with van der Waals surface area (Å²) < 4.78 is 72.8. The van der Waals surface area contributed by atoms with Crippen LogP contribution in [0.25, 0.3) is 32.9 Å². The van der Waals surface area contributed by atoms with Crippen LogP contribution in [0.2, 0.25) is 0 Å². The molecule has 1 spiro atoms. The SMILES string of the molecule is C#Cc1c(F)ccc2cc(O)cc(-c3ncc4c(N5CCCO[C@@H]6C[C@@H]65)nc(OC[C@@]56CCCN5C[C@@]5(CC5(F)F)C6)nc4c3F)c12. The number of fused-ring (bicyclic) bond motifs is 4. The Morgan fingerprint density at radius 2 is 1.98 bits per heavy atom. The van der Waals surface area contributed by atoms with Crippen molar-refractivity contribution in [1.82, 2.24) is 19.9 Å². The van der Waals surface area contributed by atoms with E-state index in [1.165, 1.54) is 30.5 Å². The maximum absolute atomic E-state index is 16.8. The number of halogens is 4. The Morgan fingerprint density at radius 1 is 1.13 bits per heavy atom. The van der Waals surface area contributed by atoms with Crippen LogP contribution in [-0.4, -0.2) is 81.4 Å². The van der Waals surface area contributed by atoms with Crippen molar-refractivity contribution in [3.63, 3.8) is 0 Å². The van der Waals surface area contributed by atoms with Gasteiger partial charge in [-0.25, -0.2) is 17.6 Å². The normalized spacial score (nSPS) is 29.1. The number of benzene rings is 2. The molecule has 4 atom stereocenters. The van der Waals surface area contributed by atoms with Crippen LogP contribution in [0, 0.1) is 29.4 Å². The number of alkyl halides is 2. The summed E-state index contributed by atoms with van der Waals surface area (Å²) in [6.45, 7) is 2.39. The zero-order chi connectivity index (χ0) is 32.3. The quantitative estimate of drug-likeness (QED) is 0.215. The van der Waals surface area contributed by atoms with Crippen LogP contribution in [0.1, 0.15) is 44.1 Å². The highest BCUT2D eigenvalue weighted by Crippen LogP contribution is 2.69. The number of phenols is 1. The number of ether oxygens (including phenoxy) is 2. The molecule has 2 saturated carbocycles. The molecule has 2 aromatic heterocycles. The van der Waals surface area contributed by atoms with Crippen molar-refractivity contribution in [3.8, 4) is 35.4 Å². The van der Waals surface area contributed by atoms with Gasteiger partial charge in [0.15, 0.2) is 5.82 Å². The van der Waals surface area contributed by atoms with Crippen molar-refractivity contribution < 1.29 is 32.1 Å². The maximum atomic E-state index is 16.8. The lowest BCUT2D eigenvalue weighted by Crippen LogP contribution is -2.43. The monoisotopic (exact) mass is 645 g/mol. The first-order valence-corrected chi connectivity index (χ1v) is 16.0. The van der Waals surface area contributed by atoms with E-state index >= 15 is 4.39 Å². The summed E-state index contributed by atoms with van der Waals surface area (Å²) in [6, 6.07) is 5.38. The van der Waals surface area contributed by atoms with E-state index in [-0.39, 0.29) is 64.7 Å². The molecule has 0 bridgehead atoms. The average molecular weight is 646 g/mol. The van der Waals surface area contributed by atoms with Gasteiger partial charge in [0.25, 0.3) is 5.92 Å². The molecule has 1 N–H and O–H groups in total. The van der Waals surface area contributed by atoms with E-state index in [1.54, 1.807) is 0 Å². The van der Waals surface area contributed by atoms with Gasteiger partial charge in [-0.05, 0) is 62.2 Å². The number of nitrogens with zero attached hydrogens (tertiary/aromatic N) is 5. The third-order valence-electron chi connectivity index (χ3n) is 10.9. The smallest absolute Gasteiger partial charge is 0.319 e. The number of aromatic hydroxyl groups is 1. The molecule has 12 heteroatoms. The lowest BCUT2D eigenvalue weighted by atomic mass is 9.89. The zero-order valence-corrected chi connectivity index (χ0v) is 25.4. The molecule has 8 nitrogen and oxygen atoms in total. The van der Waals surface area contributed by atoms with E-state index in [2.05, 4.69) is 25.7 Å². The van der Waals surface area contributed by atoms with E-state index < -0.39 is 28.5 Å². The number of aromatic nitrogens is 3. The maximum Gasteiger partial charge on any atom is 0.319 e. The van der Waals surface area contributed by atoms with Crippen molar-refractivity contribution >= 4 is 27.5 Å². The van der Waals surface area contributed by atoms with Crippen LogP contribution in [0.15, 0.2) is 30.5 Å². The Labute approximate surface area is 267 Å². The Bertz CT molecular complexity index is 2040. The molecule has 5 aliphatic rings. The van der Waals surface area contributed by atoms with Crippen LogP contribution in [0.4, 0.5) is 23.4 Å². The third-order valence-corrected chi connectivity index (χ3v) is 10.9. The Kier molecular flexibility index (Phi) is 6.10. The molecule has 0 unspecified atom stereocenters. The fourth-order valence-electron chi connectivity index (χ4n) is 8.46. The van der Waals surface area contributed by atoms with Gasteiger partial charge in [0.05, 0.1) is 34.0 Å².